The van der Waals surface area contributed by atoms with Crippen molar-refractivity contribution in [1.29, 1.82) is 0 Å². The molecule has 2 aliphatic rings. The van der Waals surface area contributed by atoms with Gasteiger partial charge in [0.2, 0.25) is 0 Å². The zero-order valence-corrected chi connectivity index (χ0v) is 23.4. The first-order valence-corrected chi connectivity index (χ1v) is 14.3. The van der Waals surface area contributed by atoms with Crippen molar-refractivity contribution in [2.75, 3.05) is 5.32 Å². The number of anilines is 2. The summed E-state index contributed by atoms with van der Waals surface area (Å²) < 4.78 is 45.8. The topological polar surface area (TPSA) is 141 Å². The molecule has 3 heterocycles. The van der Waals surface area contributed by atoms with Gasteiger partial charge >= 0.3 is 5.69 Å². The van der Waals surface area contributed by atoms with E-state index in [1.165, 1.54) is 42.8 Å². The maximum Gasteiger partial charge on any atom is 0.336 e. The van der Waals surface area contributed by atoms with E-state index in [4.69, 9.17) is 0 Å². The van der Waals surface area contributed by atoms with Crippen LogP contribution < -0.4 is 26.8 Å². The summed E-state index contributed by atoms with van der Waals surface area (Å²) in [7, 11) is -2.73. The molecule has 1 amide bonds. The number of nitrogens with zero attached hydrogens (tertiary/aromatic N) is 3. The number of fused-ring (bicyclic) bond motifs is 2. The molecule has 6 rings (SSSR count). The highest BCUT2D eigenvalue weighted by atomic mass is 127. The van der Waals surface area contributed by atoms with Crippen molar-refractivity contribution in [3.8, 4) is 5.69 Å². The number of carbonyl (C=O) groups is 1. The normalized spacial score (nSPS) is 15.8. The lowest BCUT2D eigenvalue weighted by Gasteiger charge is -2.20. The number of sulfonamides is 1. The van der Waals surface area contributed by atoms with E-state index in [1.807, 2.05) is 27.3 Å². The minimum atomic E-state index is -4.16. The number of pyridine rings is 1. The van der Waals surface area contributed by atoms with Gasteiger partial charge in [0.1, 0.15) is 21.9 Å². The van der Waals surface area contributed by atoms with Crippen LogP contribution in [-0.2, 0) is 17.1 Å². The fourth-order valence-electron chi connectivity index (χ4n) is 4.87. The molecule has 1 fully saturated rings. The maximum atomic E-state index is 14.8. The third kappa shape index (κ3) is 3.83. The van der Waals surface area contributed by atoms with Crippen LogP contribution in [0.4, 0.5) is 15.9 Å². The first-order chi connectivity index (χ1) is 18.4. The highest BCUT2D eigenvalue weighted by Crippen LogP contribution is 2.34. The lowest BCUT2D eigenvalue weighted by atomic mass is 10.1. The summed E-state index contributed by atoms with van der Waals surface area (Å²) in [6, 6.07) is 7.83. The molecule has 0 spiro atoms. The quantitative estimate of drug-likeness (QED) is 0.320. The van der Waals surface area contributed by atoms with Gasteiger partial charge in [-0.3, -0.25) is 28.1 Å². The summed E-state index contributed by atoms with van der Waals surface area (Å²) in [4.78, 5) is 52.8. The van der Waals surface area contributed by atoms with E-state index in [1.54, 1.807) is 6.07 Å². The number of rotatable bonds is 4. The monoisotopic (exact) mass is 663 g/mol. The van der Waals surface area contributed by atoms with Crippen molar-refractivity contribution in [3.05, 3.63) is 88.1 Å². The third-order valence-electron chi connectivity index (χ3n) is 6.92. The Hall–Kier alpha value is -3.79. The molecule has 14 heteroatoms. The maximum absolute atomic E-state index is 14.8. The molecule has 1 aliphatic carbocycles. The predicted octanol–water partition coefficient (Wildman–Crippen LogP) is 2.41. The van der Waals surface area contributed by atoms with Crippen LogP contribution in [-0.4, -0.2) is 28.0 Å². The van der Waals surface area contributed by atoms with E-state index in [9.17, 15) is 32.0 Å². The molecule has 2 N–H and O–H groups in total. The van der Waals surface area contributed by atoms with Crippen molar-refractivity contribution in [1.82, 2.24) is 18.4 Å². The molecule has 4 aromatic rings. The predicted molar refractivity (Wildman–Crippen MR) is 149 cm³/mol. The third-order valence-corrected chi connectivity index (χ3v) is 8.97. The fraction of sp³-hybridized carbons (Fsp3) is 0.200. The number of aryl methyl sites for hydroxylation is 1. The molecule has 11 nitrogen and oxygen atoms in total. The van der Waals surface area contributed by atoms with Crippen LogP contribution in [0.1, 0.15) is 34.8 Å². The number of halogens is 2. The molecule has 0 saturated heterocycles. The molecule has 1 aliphatic heterocycles. The SMILES string of the molecule is Cc1c(=O)n(C)c(Nc2ccc(I)cc2F)c2c(=O)n(C3CC3)c(=O)n(-c3ccc4c(c3)S(=O)(=O)NC4=O)c12. The van der Waals surface area contributed by atoms with Crippen molar-refractivity contribution in [3.63, 3.8) is 0 Å². The number of aromatic nitrogens is 3. The number of hydrogen-bond acceptors (Lipinski definition) is 7. The summed E-state index contributed by atoms with van der Waals surface area (Å²) in [5.41, 5.74) is -2.00. The number of carbonyl (C=O) groups excluding carboxylic acids is 1. The Bertz CT molecular complexity index is 2080. The molecule has 0 atom stereocenters. The molecule has 0 radical (unpaired) electrons. The number of nitrogens with one attached hydrogen (secondary N) is 2. The zero-order chi connectivity index (χ0) is 28.0. The highest BCUT2D eigenvalue weighted by Gasteiger charge is 2.35. The van der Waals surface area contributed by atoms with E-state index in [2.05, 4.69) is 5.32 Å². The molecule has 39 heavy (non-hydrogen) atoms. The molecule has 2 aromatic heterocycles. The van der Waals surface area contributed by atoms with Gasteiger partial charge in [-0.1, -0.05) is 0 Å². The Labute approximate surface area is 233 Å². The van der Waals surface area contributed by atoms with Gasteiger partial charge in [-0.2, -0.15) is 0 Å². The zero-order valence-electron chi connectivity index (χ0n) is 20.4. The number of benzene rings is 2. The van der Waals surface area contributed by atoms with Crippen LogP contribution in [0.2, 0.25) is 0 Å². The van der Waals surface area contributed by atoms with Gasteiger partial charge in [0.05, 0.1) is 22.5 Å². The summed E-state index contributed by atoms with van der Waals surface area (Å²) in [6.07, 6.45) is 1.16. The lowest BCUT2D eigenvalue weighted by molar-refractivity contribution is 0.0985. The second kappa shape index (κ2) is 8.61. The Morgan fingerprint density at radius 3 is 2.44 bits per heavy atom. The van der Waals surface area contributed by atoms with Gasteiger partial charge < -0.3 is 5.32 Å². The van der Waals surface area contributed by atoms with Crippen molar-refractivity contribution in [2.24, 2.45) is 7.05 Å². The van der Waals surface area contributed by atoms with Gasteiger partial charge in [-0.25, -0.2) is 22.3 Å². The molecular weight excluding hydrogens is 644 g/mol. The summed E-state index contributed by atoms with van der Waals surface area (Å²) in [5, 5.41) is 2.83. The van der Waals surface area contributed by atoms with Gasteiger partial charge in [-0.15, -0.1) is 0 Å². The highest BCUT2D eigenvalue weighted by molar-refractivity contribution is 14.1. The van der Waals surface area contributed by atoms with Crippen molar-refractivity contribution >= 4 is 60.9 Å². The second-order valence-electron chi connectivity index (χ2n) is 9.45. The molecule has 2 aromatic carbocycles. The standard InChI is InChI=1S/C25H19FIN5O6S/c1-11-20-19(21(30(2)23(11)34)28-17-8-3-12(27)9-16(17)26)24(35)32(13-4-5-13)25(36)31(20)14-6-7-15-18(10-14)39(37,38)29-22(15)33/h3,6-10,13,28H,4-5H2,1-2H3,(H,29,33). The molecule has 0 unspecified atom stereocenters. The first kappa shape index (κ1) is 25.5. The molecule has 1 saturated carbocycles. The van der Waals surface area contributed by atoms with E-state index >= 15 is 0 Å². The van der Waals surface area contributed by atoms with Crippen LogP contribution in [0.3, 0.4) is 0 Å². The average Bonchev–Trinajstić information content (AvgIpc) is 3.67. The van der Waals surface area contributed by atoms with Crippen LogP contribution in [0.5, 0.6) is 0 Å². The summed E-state index contributed by atoms with van der Waals surface area (Å²) >= 11 is 1.96. The number of hydrogen-bond donors (Lipinski definition) is 2. The molecule has 0 bridgehead atoms. The van der Waals surface area contributed by atoms with E-state index in [0.717, 1.165) is 15.2 Å². The number of amides is 1. The Morgan fingerprint density at radius 2 is 1.77 bits per heavy atom. The Kier molecular flexibility index (Phi) is 5.62. The Balaban J connectivity index is 1.75. The molecule has 200 valence electrons. The average molecular weight is 663 g/mol. The van der Waals surface area contributed by atoms with Crippen molar-refractivity contribution in [2.45, 2.75) is 30.7 Å². The minimum Gasteiger partial charge on any atom is -0.338 e. The molecular formula is C25H19FIN5O6S. The van der Waals surface area contributed by atoms with E-state index < -0.39 is 38.6 Å². The summed E-state index contributed by atoms with van der Waals surface area (Å²) in [6.45, 7) is 1.45. The fourth-order valence-corrected chi connectivity index (χ4v) is 6.51. The van der Waals surface area contributed by atoms with Crippen LogP contribution in [0, 0.1) is 16.3 Å². The Morgan fingerprint density at radius 1 is 1.05 bits per heavy atom. The van der Waals surface area contributed by atoms with Gasteiger partial charge in [0.15, 0.2) is 0 Å². The van der Waals surface area contributed by atoms with Crippen molar-refractivity contribution < 1.29 is 17.6 Å². The van der Waals surface area contributed by atoms with E-state index in [-0.39, 0.29) is 50.2 Å². The van der Waals surface area contributed by atoms with Gasteiger partial charge in [0, 0.05) is 22.2 Å². The summed E-state index contributed by atoms with van der Waals surface area (Å²) in [5.74, 6) is -1.44. The minimum absolute atomic E-state index is 0.0129. The smallest absolute Gasteiger partial charge is 0.336 e. The van der Waals surface area contributed by atoms with Crippen LogP contribution in [0.25, 0.3) is 16.6 Å². The van der Waals surface area contributed by atoms with Crippen LogP contribution >= 0.6 is 22.6 Å². The van der Waals surface area contributed by atoms with Crippen LogP contribution in [0.15, 0.2) is 55.7 Å². The van der Waals surface area contributed by atoms with Gasteiger partial charge in [-0.05, 0) is 78.8 Å². The lowest BCUT2D eigenvalue weighted by Crippen LogP contribution is -2.41. The second-order valence-corrected chi connectivity index (χ2v) is 12.3. The largest absolute Gasteiger partial charge is 0.338 e. The van der Waals surface area contributed by atoms with Gasteiger partial charge in [0.25, 0.3) is 27.0 Å². The first-order valence-electron chi connectivity index (χ1n) is 11.7. The van der Waals surface area contributed by atoms with E-state index in [0.29, 0.717) is 16.4 Å².